The molecule has 1 aliphatic rings. The molecule has 4 amide bonds. The van der Waals surface area contributed by atoms with Crippen LogP contribution in [0.3, 0.4) is 0 Å². The summed E-state index contributed by atoms with van der Waals surface area (Å²) >= 11 is 0. The summed E-state index contributed by atoms with van der Waals surface area (Å²) in [5.74, 6) is 0.604. The Morgan fingerprint density at radius 3 is 2.41 bits per heavy atom. The molecule has 0 aromatic heterocycles. The predicted octanol–water partition coefficient (Wildman–Crippen LogP) is 4.28. The smallest absolute Gasteiger partial charge is 0.331 e. The minimum absolute atomic E-state index is 0.0613. The van der Waals surface area contributed by atoms with Crippen molar-refractivity contribution in [3.8, 4) is 23.0 Å². The lowest BCUT2D eigenvalue weighted by Gasteiger charge is -2.26. The van der Waals surface area contributed by atoms with E-state index in [0.717, 1.165) is 16.9 Å². The van der Waals surface area contributed by atoms with Crippen molar-refractivity contribution in [3.63, 3.8) is 0 Å². The minimum atomic E-state index is -0.797. The minimum Gasteiger partial charge on any atom is -0.493 e. The fourth-order valence-corrected chi connectivity index (χ4v) is 3.90. The van der Waals surface area contributed by atoms with Crippen LogP contribution in [0.25, 0.3) is 6.08 Å². The first kappa shape index (κ1) is 27.3. The molecule has 3 rings (SSSR count). The van der Waals surface area contributed by atoms with E-state index in [4.69, 9.17) is 18.9 Å². The zero-order valence-electron chi connectivity index (χ0n) is 21.6. The summed E-state index contributed by atoms with van der Waals surface area (Å²) in [7, 11) is 3.06. The molecule has 37 heavy (non-hydrogen) atoms. The zero-order valence-corrected chi connectivity index (χ0v) is 21.6. The Kier molecular flexibility index (Phi) is 9.32. The average molecular weight is 509 g/mol. The van der Waals surface area contributed by atoms with E-state index >= 15 is 0 Å². The van der Waals surface area contributed by atoms with Crippen molar-refractivity contribution in [1.82, 2.24) is 10.2 Å². The lowest BCUT2D eigenvalue weighted by atomic mass is 10.0. The summed E-state index contributed by atoms with van der Waals surface area (Å²) in [5.41, 5.74) is 1.79. The Morgan fingerprint density at radius 1 is 0.973 bits per heavy atom. The van der Waals surface area contributed by atoms with Crippen molar-refractivity contribution in [3.05, 3.63) is 65.3 Å². The highest BCUT2D eigenvalue weighted by atomic mass is 16.5. The zero-order chi connectivity index (χ0) is 26.9. The van der Waals surface area contributed by atoms with E-state index in [9.17, 15) is 14.4 Å². The average Bonchev–Trinajstić information content (AvgIpc) is 2.88. The van der Waals surface area contributed by atoms with Gasteiger partial charge in [-0.1, -0.05) is 19.1 Å². The number of carbonyl (C=O) groups is 3. The molecule has 0 atom stereocenters. The first-order valence-corrected chi connectivity index (χ1v) is 12.0. The van der Waals surface area contributed by atoms with Crippen molar-refractivity contribution in [1.29, 1.82) is 0 Å². The summed E-state index contributed by atoms with van der Waals surface area (Å²) in [6.45, 7) is 8.49. The van der Waals surface area contributed by atoms with Crippen LogP contribution in [0, 0.1) is 0 Å². The summed E-state index contributed by atoms with van der Waals surface area (Å²) < 4.78 is 22.3. The quantitative estimate of drug-likeness (QED) is 0.259. The predicted molar refractivity (Wildman–Crippen MR) is 139 cm³/mol. The number of hydrogen-bond donors (Lipinski definition) is 1. The number of ether oxygens (including phenoxy) is 4. The number of barbiturate groups is 1. The molecule has 0 aliphatic carbocycles. The number of nitrogens with one attached hydrogen (secondary N) is 1. The molecule has 9 heteroatoms. The highest BCUT2D eigenvalue weighted by Gasteiger charge is 2.36. The van der Waals surface area contributed by atoms with Crippen molar-refractivity contribution in [2.75, 3.05) is 27.4 Å². The Labute approximate surface area is 216 Å². The van der Waals surface area contributed by atoms with Crippen LogP contribution in [-0.4, -0.2) is 50.2 Å². The Morgan fingerprint density at radius 2 is 1.76 bits per heavy atom. The van der Waals surface area contributed by atoms with E-state index in [1.54, 1.807) is 43.5 Å². The van der Waals surface area contributed by atoms with Crippen molar-refractivity contribution >= 4 is 23.9 Å². The van der Waals surface area contributed by atoms with Crippen LogP contribution in [0.1, 0.15) is 37.0 Å². The van der Waals surface area contributed by atoms with Gasteiger partial charge in [-0.25, -0.2) is 4.79 Å². The lowest BCUT2D eigenvalue weighted by Crippen LogP contribution is -2.53. The monoisotopic (exact) mass is 508 g/mol. The van der Waals surface area contributed by atoms with Crippen LogP contribution in [0.4, 0.5) is 4.79 Å². The second-order valence-electron chi connectivity index (χ2n) is 8.18. The van der Waals surface area contributed by atoms with Crippen molar-refractivity contribution in [2.24, 2.45) is 0 Å². The molecule has 0 bridgehead atoms. The fourth-order valence-electron chi connectivity index (χ4n) is 3.90. The van der Waals surface area contributed by atoms with E-state index < -0.39 is 17.8 Å². The molecule has 0 unspecified atom stereocenters. The molecule has 1 N–H and O–H groups in total. The Hall–Kier alpha value is -4.27. The number of amides is 4. The number of methoxy groups -OCH3 is 2. The molecule has 9 nitrogen and oxygen atoms in total. The van der Waals surface area contributed by atoms with Gasteiger partial charge in [0.25, 0.3) is 11.8 Å². The number of carbonyl (C=O) groups excluding carboxylic acids is 3. The Bertz CT molecular complexity index is 1220. The molecule has 196 valence electrons. The molecule has 0 saturated carbocycles. The van der Waals surface area contributed by atoms with Crippen LogP contribution in [0.2, 0.25) is 0 Å². The van der Waals surface area contributed by atoms with Crippen molar-refractivity contribution in [2.45, 2.75) is 33.2 Å². The number of nitrogens with zero attached hydrogens (tertiary/aromatic N) is 1. The number of urea groups is 1. The van der Waals surface area contributed by atoms with Crippen molar-refractivity contribution < 1.29 is 33.3 Å². The van der Waals surface area contributed by atoms with Crippen LogP contribution in [0.15, 0.2) is 48.6 Å². The third-order valence-corrected chi connectivity index (χ3v) is 5.55. The fraction of sp³-hybridized carbons (Fsp3) is 0.321. The summed E-state index contributed by atoms with van der Waals surface area (Å²) in [5, 5.41) is 2.25. The Balaban J connectivity index is 1.95. The molecular formula is C28H32N2O7. The van der Waals surface area contributed by atoms with Gasteiger partial charge in [-0.2, -0.15) is 0 Å². The van der Waals surface area contributed by atoms with Gasteiger partial charge < -0.3 is 18.9 Å². The van der Waals surface area contributed by atoms with Gasteiger partial charge in [0.2, 0.25) is 0 Å². The second-order valence-corrected chi connectivity index (χ2v) is 8.18. The molecule has 0 spiro atoms. The molecule has 0 radical (unpaired) electrons. The first-order chi connectivity index (χ1) is 17.9. The van der Waals surface area contributed by atoms with Crippen LogP contribution < -0.4 is 24.3 Å². The molecule has 1 fully saturated rings. The third kappa shape index (κ3) is 6.30. The number of imide groups is 2. The molecule has 1 saturated heterocycles. The van der Waals surface area contributed by atoms with Gasteiger partial charge in [-0.3, -0.25) is 19.8 Å². The molecular weight excluding hydrogens is 476 g/mol. The van der Waals surface area contributed by atoms with E-state index in [0.29, 0.717) is 53.8 Å². The lowest BCUT2D eigenvalue weighted by molar-refractivity contribution is -0.130. The van der Waals surface area contributed by atoms with E-state index in [2.05, 4.69) is 11.9 Å². The van der Waals surface area contributed by atoms with Gasteiger partial charge in [0, 0.05) is 5.56 Å². The SMILES string of the molecule is C=CCc1cc(/C=C2\C(=O)NC(=O)N(Cc3ccc(OCCC)c(OC)c3)C2=O)cc(OCC)c1OC. The van der Waals surface area contributed by atoms with Gasteiger partial charge in [0.05, 0.1) is 34.0 Å². The van der Waals surface area contributed by atoms with Gasteiger partial charge in [0.1, 0.15) is 5.57 Å². The number of benzene rings is 2. The standard InChI is InChI=1S/C28H32N2O7/c1-6-9-20-13-19(16-24(36-8-3)25(20)35-5)14-21-26(31)29-28(33)30(27(21)32)17-18-10-11-22(37-12-7-2)23(15-18)34-4/h6,10-11,13-16H,1,7-9,12,17H2,2-5H3,(H,29,31,33)/b21-14+. The summed E-state index contributed by atoms with van der Waals surface area (Å²) in [6, 6.07) is 7.85. The largest absolute Gasteiger partial charge is 0.493 e. The maximum atomic E-state index is 13.3. The number of allylic oxidation sites excluding steroid dienone is 1. The maximum absolute atomic E-state index is 13.3. The highest BCUT2D eigenvalue weighted by Crippen LogP contribution is 2.35. The highest BCUT2D eigenvalue weighted by molar-refractivity contribution is 6.31. The van der Waals surface area contributed by atoms with Crippen LogP contribution >= 0.6 is 0 Å². The van der Waals surface area contributed by atoms with Gasteiger partial charge >= 0.3 is 6.03 Å². The number of hydrogen-bond acceptors (Lipinski definition) is 7. The van der Waals surface area contributed by atoms with Gasteiger partial charge in [-0.15, -0.1) is 6.58 Å². The normalized spacial score (nSPS) is 14.4. The van der Waals surface area contributed by atoms with Gasteiger partial charge in [0.15, 0.2) is 23.0 Å². The molecule has 1 heterocycles. The van der Waals surface area contributed by atoms with Gasteiger partial charge in [-0.05, 0) is 61.2 Å². The second kappa shape index (κ2) is 12.6. The maximum Gasteiger partial charge on any atom is 0.331 e. The first-order valence-electron chi connectivity index (χ1n) is 12.0. The number of rotatable bonds is 12. The molecule has 2 aromatic rings. The molecule has 1 aliphatic heterocycles. The summed E-state index contributed by atoms with van der Waals surface area (Å²) in [4.78, 5) is 39.5. The van der Waals surface area contributed by atoms with E-state index in [1.165, 1.54) is 13.2 Å². The van der Waals surface area contributed by atoms with Crippen LogP contribution in [-0.2, 0) is 22.6 Å². The van der Waals surface area contributed by atoms with E-state index in [1.807, 2.05) is 13.8 Å². The van der Waals surface area contributed by atoms with E-state index in [-0.39, 0.29) is 12.1 Å². The van der Waals surface area contributed by atoms with Crippen LogP contribution in [0.5, 0.6) is 23.0 Å². The molecule has 2 aromatic carbocycles. The topological polar surface area (TPSA) is 103 Å². The third-order valence-electron chi connectivity index (χ3n) is 5.55. The summed E-state index contributed by atoms with van der Waals surface area (Å²) in [6.07, 6.45) is 4.49.